The summed E-state index contributed by atoms with van der Waals surface area (Å²) in [6, 6.07) is 17.2. The molecule has 8 heteroatoms. The summed E-state index contributed by atoms with van der Waals surface area (Å²) in [5.74, 6) is 2.07. The first-order valence-corrected chi connectivity index (χ1v) is 10.3. The van der Waals surface area contributed by atoms with Crippen molar-refractivity contribution in [1.82, 2.24) is 14.5 Å². The van der Waals surface area contributed by atoms with Gasteiger partial charge in [-0.1, -0.05) is 23.7 Å². The van der Waals surface area contributed by atoms with Crippen molar-refractivity contribution in [2.75, 3.05) is 30.9 Å². The predicted molar refractivity (Wildman–Crippen MR) is 124 cm³/mol. The Bertz CT molecular complexity index is 1160. The zero-order chi connectivity index (χ0) is 21.8. The zero-order valence-electron chi connectivity index (χ0n) is 17.5. The Labute approximate surface area is 186 Å². The van der Waals surface area contributed by atoms with Crippen molar-refractivity contribution >= 4 is 34.3 Å². The fourth-order valence-electron chi connectivity index (χ4n) is 3.35. The van der Waals surface area contributed by atoms with Crippen LogP contribution in [-0.2, 0) is 18.3 Å². The number of aryl methyl sites for hydroxylation is 1. The van der Waals surface area contributed by atoms with Gasteiger partial charge in [0.1, 0.15) is 5.75 Å². The minimum absolute atomic E-state index is 0.498. The lowest BCUT2D eigenvalue weighted by molar-refractivity contribution is 0.204. The number of pyridine rings is 1. The summed E-state index contributed by atoms with van der Waals surface area (Å²) in [6.45, 7) is 1.97. The van der Waals surface area contributed by atoms with Gasteiger partial charge in [-0.25, -0.2) is 9.97 Å². The Morgan fingerprint density at radius 2 is 1.90 bits per heavy atom. The summed E-state index contributed by atoms with van der Waals surface area (Å²) in [5, 5.41) is 0.573. The largest absolute Gasteiger partial charge is 0.439 e. The molecule has 0 radical (unpaired) electrons. The first kappa shape index (κ1) is 21.0. The fourth-order valence-corrected chi connectivity index (χ4v) is 3.47. The minimum Gasteiger partial charge on any atom is -0.439 e. The van der Waals surface area contributed by atoms with Crippen molar-refractivity contribution in [2.24, 2.45) is 7.05 Å². The van der Waals surface area contributed by atoms with E-state index in [1.165, 1.54) is 0 Å². The van der Waals surface area contributed by atoms with E-state index in [1.807, 2.05) is 49.5 Å². The van der Waals surface area contributed by atoms with Crippen LogP contribution >= 0.6 is 11.6 Å². The molecule has 0 bridgehead atoms. The molecule has 4 aromatic rings. The van der Waals surface area contributed by atoms with Crippen molar-refractivity contribution in [1.29, 1.82) is 0 Å². The van der Waals surface area contributed by atoms with E-state index in [0.29, 0.717) is 36.3 Å². The zero-order valence-corrected chi connectivity index (χ0v) is 18.2. The highest BCUT2D eigenvalue weighted by molar-refractivity contribution is 6.30. The summed E-state index contributed by atoms with van der Waals surface area (Å²) in [5.41, 5.74) is 9.71. The van der Waals surface area contributed by atoms with E-state index in [2.05, 4.69) is 14.5 Å². The molecule has 0 unspecified atom stereocenters. The van der Waals surface area contributed by atoms with Gasteiger partial charge in [0.2, 0.25) is 11.8 Å². The SMILES string of the molecule is COCCN(Cc1ccc(Oc2ccc(Cl)cn2)cc1)c1nc2ccc(N)cc2n1C. The normalized spacial score (nSPS) is 11.1. The van der Waals surface area contributed by atoms with Gasteiger partial charge in [0.15, 0.2) is 0 Å². The number of hydrogen-bond donors (Lipinski definition) is 1. The Hall–Kier alpha value is -3.29. The number of nitrogen functional groups attached to an aromatic ring is 1. The van der Waals surface area contributed by atoms with Crippen LogP contribution in [0.1, 0.15) is 5.56 Å². The van der Waals surface area contributed by atoms with Gasteiger partial charge >= 0.3 is 0 Å². The highest BCUT2D eigenvalue weighted by Gasteiger charge is 2.16. The number of rotatable bonds is 8. The topological polar surface area (TPSA) is 78.4 Å². The lowest BCUT2D eigenvalue weighted by Gasteiger charge is -2.23. The second-order valence-electron chi connectivity index (χ2n) is 7.19. The number of nitrogens with two attached hydrogens (primary N) is 1. The quantitative estimate of drug-likeness (QED) is 0.404. The third kappa shape index (κ3) is 4.90. The van der Waals surface area contributed by atoms with E-state index in [4.69, 9.17) is 31.8 Å². The number of benzene rings is 2. The molecule has 2 heterocycles. The first-order chi connectivity index (χ1) is 15.0. The second kappa shape index (κ2) is 9.24. The molecule has 0 aliphatic carbocycles. The third-order valence-electron chi connectivity index (χ3n) is 4.95. The summed E-state index contributed by atoms with van der Waals surface area (Å²) < 4.78 is 13.2. The maximum atomic E-state index is 5.96. The number of hydrogen-bond acceptors (Lipinski definition) is 6. The van der Waals surface area contributed by atoms with E-state index < -0.39 is 0 Å². The standard InChI is InChI=1S/C23H24ClN5O2/c1-28-21-13-18(25)6-9-20(21)27-23(28)29(11-12-30-2)15-16-3-7-19(8-4-16)31-22-10-5-17(24)14-26-22/h3-10,13-14H,11-12,15,25H2,1-2H3. The molecular formula is C23H24ClN5O2. The molecule has 0 fully saturated rings. The number of imidazole rings is 1. The summed E-state index contributed by atoms with van der Waals surface area (Å²) in [6.07, 6.45) is 1.56. The van der Waals surface area contributed by atoms with E-state index >= 15 is 0 Å². The smallest absolute Gasteiger partial charge is 0.219 e. The predicted octanol–water partition coefficient (Wildman–Crippen LogP) is 4.65. The molecule has 0 atom stereocenters. The van der Waals surface area contributed by atoms with Crippen LogP contribution in [0.4, 0.5) is 11.6 Å². The van der Waals surface area contributed by atoms with Gasteiger partial charge in [-0.2, -0.15) is 0 Å². The van der Waals surface area contributed by atoms with Gasteiger partial charge in [0.25, 0.3) is 0 Å². The number of anilines is 2. The van der Waals surface area contributed by atoms with Crippen molar-refractivity contribution in [3.8, 4) is 11.6 Å². The molecule has 0 saturated carbocycles. The van der Waals surface area contributed by atoms with E-state index in [9.17, 15) is 0 Å². The van der Waals surface area contributed by atoms with Crippen LogP contribution in [-0.4, -0.2) is 34.8 Å². The van der Waals surface area contributed by atoms with Crippen molar-refractivity contribution in [3.63, 3.8) is 0 Å². The Kier molecular flexibility index (Phi) is 6.25. The lowest BCUT2D eigenvalue weighted by Crippen LogP contribution is -2.29. The molecule has 0 aliphatic heterocycles. The summed E-state index contributed by atoms with van der Waals surface area (Å²) in [7, 11) is 3.70. The average molecular weight is 438 g/mol. The van der Waals surface area contributed by atoms with E-state index in [-0.39, 0.29) is 0 Å². The highest BCUT2D eigenvalue weighted by Crippen LogP contribution is 2.26. The van der Waals surface area contributed by atoms with Crippen molar-refractivity contribution < 1.29 is 9.47 Å². The van der Waals surface area contributed by atoms with Gasteiger partial charge in [-0.3, -0.25) is 0 Å². The van der Waals surface area contributed by atoms with E-state index in [1.54, 1.807) is 25.4 Å². The average Bonchev–Trinajstić information content (AvgIpc) is 3.10. The Morgan fingerprint density at radius 3 is 2.61 bits per heavy atom. The fraction of sp³-hybridized carbons (Fsp3) is 0.217. The lowest BCUT2D eigenvalue weighted by atomic mass is 10.2. The molecule has 7 nitrogen and oxygen atoms in total. The molecule has 160 valence electrons. The number of ether oxygens (including phenoxy) is 2. The second-order valence-corrected chi connectivity index (χ2v) is 7.63. The van der Waals surface area contributed by atoms with Crippen LogP contribution < -0.4 is 15.4 Å². The molecule has 2 aromatic carbocycles. The third-order valence-corrected chi connectivity index (χ3v) is 5.17. The molecular weight excluding hydrogens is 414 g/mol. The van der Waals surface area contributed by atoms with Crippen LogP contribution in [0.2, 0.25) is 5.02 Å². The maximum absolute atomic E-state index is 5.96. The minimum atomic E-state index is 0.498. The van der Waals surface area contributed by atoms with Gasteiger partial charge in [0.05, 0.1) is 22.7 Å². The Balaban J connectivity index is 1.54. The van der Waals surface area contributed by atoms with Crippen LogP contribution in [0.15, 0.2) is 60.8 Å². The molecule has 4 rings (SSSR count). The number of halogens is 1. The highest BCUT2D eigenvalue weighted by atomic mass is 35.5. The van der Waals surface area contributed by atoms with Crippen LogP contribution in [0.5, 0.6) is 11.6 Å². The molecule has 0 amide bonds. The van der Waals surface area contributed by atoms with Gasteiger partial charge in [0, 0.05) is 45.2 Å². The number of nitrogens with zero attached hydrogens (tertiary/aromatic N) is 4. The van der Waals surface area contributed by atoms with Gasteiger partial charge in [-0.15, -0.1) is 0 Å². The molecule has 0 aliphatic rings. The monoisotopic (exact) mass is 437 g/mol. The maximum Gasteiger partial charge on any atom is 0.219 e. The number of aromatic nitrogens is 3. The van der Waals surface area contributed by atoms with Crippen molar-refractivity contribution in [3.05, 3.63) is 71.4 Å². The summed E-state index contributed by atoms with van der Waals surface area (Å²) in [4.78, 5) is 11.2. The van der Waals surface area contributed by atoms with Crippen LogP contribution in [0.25, 0.3) is 11.0 Å². The van der Waals surface area contributed by atoms with Gasteiger partial charge < -0.3 is 24.7 Å². The molecule has 31 heavy (non-hydrogen) atoms. The molecule has 0 saturated heterocycles. The Morgan fingerprint density at radius 1 is 1.10 bits per heavy atom. The first-order valence-electron chi connectivity index (χ1n) is 9.87. The number of fused-ring (bicyclic) bond motifs is 1. The molecule has 2 N–H and O–H groups in total. The van der Waals surface area contributed by atoms with E-state index in [0.717, 1.165) is 28.2 Å². The molecule has 0 spiro atoms. The van der Waals surface area contributed by atoms with Crippen LogP contribution in [0.3, 0.4) is 0 Å². The molecule has 2 aromatic heterocycles. The van der Waals surface area contributed by atoms with Crippen LogP contribution in [0, 0.1) is 0 Å². The summed E-state index contributed by atoms with van der Waals surface area (Å²) >= 11 is 5.87. The van der Waals surface area contributed by atoms with Crippen molar-refractivity contribution in [2.45, 2.75) is 6.54 Å². The number of methoxy groups -OCH3 is 1. The van der Waals surface area contributed by atoms with Gasteiger partial charge in [-0.05, 0) is 42.0 Å².